The molecule has 4 nitrogen and oxygen atoms in total. The Hall–Kier alpha value is -3.51. The van der Waals surface area contributed by atoms with E-state index in [0.717, 1.165) is 11.8 Å². The minimum Gasteiger partial charge on any atom is -0.422 e. The topological polar surface area (TPSA) is 60.4 Å². The van der Waals surface area contributed by atoms with Gasteiger partial charge in [-0.1, -0.05) is 54.6 Å². The maximum absolute atomic E-state index is 13.4. The van der Waals surface area contributed by atoms with Gasteiger partial charge < -0.3 is 4.74 Å². The molecule has 0 aliphatic carbocycles. The first-order chi connectivity index (χ1) is 14.3. The van der Waals surface area contributed by atoms with Crippen molar-refractivity contribution >= 4 is 33.0 Å². The standard InChI is InChI=1S/C24H17FO4S/c1-30(27,28)20-13-9-17(10-14-20)22-21(15-16-5-3-2-4-6-16)29-24(26)23(22)18-7-11-19(25)12-8-18/h2-15H,1H3/b21-15-. The van der Waals surface area contributed by atoms with E-state index in [9.17, 15) is 17.6 Å². The van der Waals surface area contributed by atoms with Gasteiger partial charge in [0.2, 0.25) is 0 Å². The van der Waals surface area contributed by atoms with E-state index in [2.05, 4.69) is 0 Å². The van der Waals surface area contributed by atoms with Gasteiger partial charge >= 0.3 is 5.97 Å². The molecule has 1 aliphatic rings. The van der Waals surface area contributed by atoms with Gasteiger partial charge in [-0.2, -0.15) is 0 Å². The predicted octanol–water partition coefficient (Wildman–Crippen LogP) is 4.74. The smallest absolute Gasteiger partial charge is 0.344 e. The van der Waals surface area contributed by atoms with Gasteiger partial charge in [0.15, 0.2) is 9.84 Å². The Balaban J connectivity index is 1.92. The Labute approximate surface area is 173 Å². The number of cyclic esters (lactones) is 1. The molecule has 3 aromatic carbocycles. The van der Waals surface area contributed by atoms with Crippen LogP contribution in [0.25, 0.3) is 17.2 Å². The maximum atomic E-state index is 13.4. The van der Waals surface area contributed by atoms with Gasteiger partial charge in [0.05, 0.1) is 10.5 Å². The molecule has 1 aliphatic heterocycles. The van der Waals surface area contributed by atoms with Crippen LogP contribution in [0.1, 0.15) is 16.7 Å². The zero-order valence-electron chi connectivity index (χ0n) is 16.0. The number of hydrogen-bond acceptors (Lipinski definition) is 4. The number of allylic oxidation sites excluding steroid dienone is 1. The summed E-state index contributed by atoms with van der Waals surface area (Å²) in [5, 5.41) is 0. The van der Waals surface area contributed by atoms with E-state index in [4.69, 9.17) is 4.74 Å². The van der Waals surface area contributed by atoms with E-state index in [1.54, 1.807) is 18.2 Å². The Bertz CT molecular complexity index is 1270. The molecule has 0 amide bonds. The van der Waals surface area contributed by atoms with Crippen LogP contribution >= 0.6 is 0 Å². The molecule has 0 aromatic heterocycles. The fraction of sp³-hybridized carbons (Fsp3) is 0.0417. The first kappa shape index (κ1) is 19.8. The molecule has 0 N–H and O–H groups in total. The van der Waals surface area contributed by atoms with Crippen LogP contribution in [0.5, 0.6) is 0 Å². The van der Waals surface area contributed by atoms with Gasteiger partial charge in [-0.25, -0.2) is 17.6 Å². The lowest BCUT2D eigenvalue weighted by Gasteiger charge is -2.08. The molecule has 0 bridgehead atoms. The highest BCUT2D eigenvalue weighted by atomic mass is 32.2. The first-order valence-electron chi connectivity index (χ1n) is 9.13. The van der Waals surface area contributed by atoms with Crippen LogP contribution in [-0.4, -0.2) is 20.6 Å². The monoisotopic (exact) mass is 420 g/mol. The van der Waals surface area contributed by atoms with Crippen molar-refractivity contribution in [3.05, 3.63) is 107 Å². The van der Waals surface area contributed by atoms with Crippen molar-refractivity contribution in [3.8, 4) is 0 Å². The Morgan fingerprint density at radius 2 is 1.37 bits per heavy atom. The van der Waals surface area contributed by atoms with Crippen molar-refractivity contribution in [2.45, 2.75) is 4.90 Å². The van der Waals surface area contributed by atoms with Crippen molar-refractivity contribution in [2.75, 3.05) is 6.26 Å². The number of ether oxygens (including phenoxy) is 1. The molecule has 0 saturated heterocycles. The minimum absolute atomic E-state index is 0.175. The summed E-state index contributed by atoms with van der Waals surface area (Å²) in [6, 6.07) is 21.2. The lowest BCUT2D eigenvalue weighted by atomic mass is 9.94. The third-order valence-electron chi connectivity index (χ3n) is 4.70. The first-order valence-corrected chi connectivity index (χ1v) is 11.0. The second-order valence-electron chi connectivity index (χ2n) is 6.86. The molecular weight excluding hydrogens is 403 g/mol. The third-order valence-corrected chi connectivity index (χ3v) is 5.83. The van der Waals surface area contributed by atoms with Crippen molar-refractivity contribution < 1.29 is 22.3 Å². The Kier molecular flexibility index (Phi) is 5.10. The quantitative estimate of drug-likeness (QED) is 0.572. The summed E-state index contributed by atoms with van der Waals surface area (Å²) in [4.78, 5) is 12.9. The maximum Gasteiger partial charge on any atom is 0.344 e. The highest BCUT2D eigenvalue weighted by Gasteiger charge is 2.32. The summed E-state index contributed by atoms with van der Waals surface area (Å²) in [5.41, 5.74) is 2.79. The molecule has 0 unspecified atom stereocenters. The number of esters is 1. The molecule has 150 valence electrons. The van der Waals surface area contributed by atoms with E-state index >= 15 is 0 Å². The molecule has 0 atom stereocenters. The van der Waals surface area contributed by atoms with Crippen LogP contribution in [-0.2, 0) is 19.4 Å². The third kappa shape index (κ3) is 3.95. The number of halogens is 1. The molecule has 0 saturated carbocycles. The molecular formula is C24H17FO4S. The van der Waals surface area contributed by atoms with Crippen LogP contribution in [0.3, 0.4) is 0 Å². The average molecular weight is 420 g/mol. The molecule has 6 heteroatoms. The molecule has 1 heterocycles. The van der Waals surface area contributed by atoms with E-state index in [-0.39, 0.29) is 4.90 Å². The number of hydrogen-bond donors (Lipinski definition) is 0. The van der Waals surface area contributed by atoms with Crippen LogP contribution in [0.4, 0.5) is 4.39 Å². The van der Waals surface area contributed by atoms with Gasteiger partial charge in [0, 0.05) is 11.8 Å². The predicted molar refractivity (Wildman–Crippen MR) is 113 cm³/mol. The zero-order valence-corrected chi connectivity index (χ0v) is 16.8. The summed E-state index contributed by atoms with van der Waals surface area (Å²) in [5.74, 6) is -0.617. The van der Waals surface area contributed by atoms with Crippen molar-refractivity contribution in [1.82, 2.24) is 0 Å². The SMILES string of the molecule is CS(=O)(=O)c1ccc(C2=C(c3ccc(F)cc3)C(=O)O/C2=C\c2ccccc2)cc1. The molecule has 3 aromatic rings. The Morgan fingerprint density at radius 1 is 0.800 bits per heavy atom. The van der Waals surface area contributed by atoms with Crippen LogP contribution in [0.2, 0.25) is 0 Å². The normalized spacial score (nSPS) is 15.5. The second kappa shape index (κ2) is 7.72. The second-order valence-corrected chi connectivity index (χ2v) is 8.88. The molecule has 0 radical (unpaired) electrons. The highest BCUT2D eigenvalue weighted by Crippen LogP contribution is 2.40. The van der Waals surface area contributed by atoms with E-state index in [1.165, 1.54) is 36.4 Å². The van der Waals surface area contributed by atoms with Crippen molar-refractivity contribution in [2.24, 2.45) is 0 Å². The lowest BCUT2D eigenvalue weighted by molar-refractivity contribution is -0.131. The zero-order chi connectivity index (χ0) is 21.3. The number of rotatable bonds is 4. The van der Waals surface area contributed by atoms with Crippen molar-refractivity contribution in [3.63, 3.8) is 0 Å². The fourth-order valence-corrected chi connectivity index (χ4v) is 3.89. The summed E-state index contributed by atoms with van der Waals surface area (Å²) < 4.78 is 42.6. The molecule has 0 spiro atoms. The van der Waals surface area contributed by atoms with Gasteiger partial charge in [-0.05, 0) is 47.0 Å². The molecule has 4 rings (SSSR count). The van der Waals surface area contributed by atoms with Crippen molar-refractivity contribution in [1.29, 1.82) is 0 Å². The highest BCUT2D eigenvalue weighted by molar-refractivity contribution is 7.90. The van der Waals surface area contributed by atoms with Crippen LogP contribution in [0.15, 0.2) is 89.5 Å². The Morgan fingerprint density at radius 3 is 1.97 bits per heavy atom. The van der Waals surface area contributed by atoms with Gasteiger partial charge in [0.1, 0.15) is 11.6 Å². The largest absolute Gasteiger partial charge is 0.422 e. The number of benzene rings is 3. The number of carbonyl (C=O) groups is 1. The lowest BCUT2D eigenvalue weighted by Crippen LogP contribution is -1.98. The van der Waals surface area contributed by atoms with Gasteiger partial charge in [-0.15, -0.1) is 0 Å². The summed E-state index contributed by atoms with van der Waals surface area (Å²) in [6.45, 7) is 0. The van der Waals surface area contributed by atoms with E-state index in [0.29, 0.717) is 28.0 Å². The van der Waals surface area contributed by atoms with Gasteiger partial charge in [0.25, 0.3) is 0 Å². The van der Waals surface area contributed by atoms with Crippen LogP contribution < -0.4 is 0 Å². The molecule has 0 fully saturated rings. The van der Waals surface area contributed by atoms with Crippen LogP contribution in [0, 0.1) is 5.82 Å². The number of carbonyl (C=O) groups excluding carboxylic acids is 1. The minimum atomic E-state index is -3.36. The number of sulfone groups is 1. The summed E-state index contributed by atoms with van der Waals surface area (Å²) in [6.07, 6.45) is 2.88. The molecule has 30 heavy (non-hydrogen) atoms. The van der Waals surface area contributed by atoms with E-state index in [1.807, 2.05) is 30.3 Å². The average Bonchev–Trinajstić information content (AvgIpc) is 3.04. The van der Waals surface area contributed by atoms with E-state index < -0.39 is 21.6 Å². The summed E-state index contributed by atoms with van der Waals surface area (Å²) >= 11 is 0. The van der Waals surface area contributed by atoms with Gasteiger partial charge in [-0.3, -0.25) is 0 Å². The summed E-state index contributed by atoms with van der Waals surface area (Å²) in [7, 11) is -3.36. The fourth-order valence-electron chi connectivity index (χ4n) is 3.26.